The van der Waals surface area contributed by atoms with Gasteiger partial charge in [-0.05, 0) is 74.0 Å². The van der Waals surface area contributed by atoms with E-state index in [1.165, 1.54) is 39.0 Å². The van der Waals surface area contributed by atoms with Crippen LogP contribution in [0.15, 0.2) is 18.2 Å². The number of nitrogens with one attached hydrogen (secondary N) is 2. The summed E-state index contributed by atoms with van der Waals surface area (Å²) in [5.41, 5.74) is 1.29. The molecule has 4 aliphatic carbocycles. The Morgan fingerprint density at radius 1 is 1.00 bits per heavy atom. The Balaban J connectivity index is 1.50. The number of anilines is 2. The maximum absolute atomic E-state index is 13.0. The van der Waals surface area contributed by atoms with E-state index in [1.54, 1.807) is 19.2 Å². The van der Waals surface area contributed by atoms with Crippen LogP contribution in [0.2, 0.25) is 0 Å². The van der Waals surface area contributed by atoms with Crippen molar-refractivity contribution in [2.45, 2.75) is 39.0 Å². The number of benzene rings is 1. The summed E-state index contributed by atoms with van der Waals surface area (Å²) in [6, 6.07) is 5.38. The van der Waals surface area contributed by atoms with Crippen molar-refractivity contribution in [3.05, 3.63) is 18.2 Å². The van der Waals surface area contributed by atoms with Crippen molar-refractivity contribution < 1.29 is 14.3 Å². The summed E-state index contributed by atoms with van der Waals surface area (Å²) in [5.74, 6) is 3.56. The third-order valence-corrected chi connectivity index (χ3v) is 6.31. The molecular formula is C20H26N2O3. The van der Waals surface area contributed by atoms with Gasteiger partial charge in [0.15, 0.2) is 0 Å². The highest BCUT2D eigenvalue weighted by molar-refractivity contribution is 5.96. The predicted molar refractivity (Wildman–Crippen MR) is 96.5 cm³/mol. The van der Waals surface area contributed by atoms with Crippen LogP contribution in [0.3, 0.4) is 0 Å². The van der Waals surface area contributed by atoms with Crippen molar-refractivity contribution in [2.24, 2.45) is 29.6 Å². The van der Waals surface area contributed by atoms with Crippen molar-refractivity contribution in [1.29, 1.82) is 0 Å². The second-order valence-corrected chi connectivity index (χ2v) is 8.04. The fourth-order valence-corrected chi connectivity index (χ4v) is 5.65. The molecule has 0 atom stereocenters. The third kappa shape index (κ3) is 3.12. The maximum Gasteiger partial charge on any atom is 0.228 e. The molecule has 4 saturated carbocycles. The van der Waals surface area contributed by atoms with Gasteiger partial charge in [0.1, 0.15) is 5.75 Å². The average molecular weight is 342 g/mol. The molecule has 4 fully saturated rings. The van der Waals surface area contributed by atoms with Gasteiger partial charge in [0.2, 0.25) is 11.8 Å². The largest absolute Gasteiger partial charge is 0.495 e. The fraction of sp³-hybridized carbons (Fsp3) is 0.600. The van der Waals surface area contributed by atoms with Crippen LogP contribution in [0.25, 0.3) is 0 Å². The first-order valence-electron chi connectivity index (χ1n) is 9.30. The normalized spacial score (nSPS) is 32.3. The quantitative estimate of drug-likeness (QED) is 0.877. The van der Waals surface area contributed by atoms with Gasteiger partial charge in [0, 0.05) is 18.5 Å². The molecule has 25 heavy (non-hydrogen) atoms. The van der Waals surface area contributed by atoms with Crippen LogP contribution in [0.1, 0.15) is 39.0 Å². The minimum atomic E-state index is -0.164. The number of hydrogen-bond acceptors (Lipinski definition) is 3. The van der Waals surface area contributed by atoms with Gasteiger partial charge in [-0.15, -0.1) is 0 Å². The zero-order valence-electron chi connectivity index (χ0n) is 14.9. The molecule has 0 aliphatic heterocycles. The highest BCUT2D eigenvalue weighted by Crippen LogP contribution is 2.56. The van der Waals surface area contributed by atoms with Gasteiger partial charge in [0.05, 0.1) is 12.8 Å². The number of ether oxygens (including phenoxy) is 1. The van der Waals surface area contributed by atoms with E-state index in [9.17, 15) is 9.59 Å². The topological polar surface area (TPSA) is 67.4 Å². The van der Waals surface area contributed by atoms with Gasteiger partial charge in [0.25, 0.3) is 0 Å². The number of hydrogen-bond donors (Lipinski definition) is 2. The highest BCUT2D eigenvalue weighted by Gasteiger charge is 2.50. The Morgan fingerprint density at radius 3 is 2.20 bits per heavy atom. The van der Waals surface area contributed by atoms with Crippen LogP contribution in [-0.2, 0) is 9.59 Å². The van der Waals surface area contributed by atoms with E-state index in [0.29, 0.717) is 29.0 Å². The molecule has 1 aromatic carbocycles. The number of carbonyl (C=O) groups excluding carboxylic acids is 2. The first kappa shape index (κ1) is 16.4. The maximum atomic E-state index is 13.0. The van der Waals surface area contributed by atoms with E-state index >= 15 is 0 Å². The van der Waals surface area contributed by atoms with Crippen molar-refractivity contribution in [1.82, 2.24) is 0 Å². The minimum absolute atomic E-state index is 0.146. The zero-order valence-corrected chi connectivity index (χ0v) is 14.9. The number of carbonyl (C=O) groups is 2. The van der Waals surface area contributed by atoms with E-state index in [2.05, 4.69) is 10.6 Å². The average Bonchev–Trinajstić information content (AvgIpc) is 2.53. The lowest BCUT2D eigenvalue weighted by Gasteiger charge is -2.53. The number of amides is 2. The Morgan fingerprint density at radius 2 is 1.64 bits per heavy atom. The molecule has 4 bridgehead atoms. The second kappa shape index (κ2) is 6.36. The summed E-state index contributed by atoms with van der Waals surface area (Å²) in [6.45, 7) is 1.46. The standard InChI is InChI=1S/C20H26N2O3/c1-11(23)21-17-10-16(3-4-18(17)25-2)22-20(24)19-14-6-12-5-13(8-14)9-15(19)7-12/h3-4,10,12-15,19H,5-9H2,1-2H3,(H,21,23)(H,22,24). The fourth-order valence-electron chi connectivity index (χ4n) is 5.65. The van der Waals surface area contributed by atoms with Gasteiger partial charge in [-0.3, -0.25) is 9.59 Å². The first-order valence-corrected chi connectivity index (χ1v) is 9.30. The smallest absolute Gasteiger partial charge is 0.228 e. The first-order chi connectivity index (χ1) is 12.0. The summed E-state index contributed by atoms with van der Waals surface area (Å²) < 4.78 is 5.27. The molecule has 0 aromatic heterocycles. The highest BCUT2D eigenvalue weighted by atomic mass is 16.5. The summed E-state index contributed by atoms with van der Waals surface area (Å²) in [4.78, 5) is 24.3. The summed E-state index contributed by atoms with van der Waals surface area (Å²) in [5, 5.41) is 5.84. The Hall–Kier alpha value is -2.04. The molecule has 0 radical (unpaired) electrons. The Labute approximate surface area is 148 Å². The van der Waals surface area contributed by atoms with Crippen LogP contribution in [0, 0.1) is 29.6 Å². The molecule has 0 saturated heterocycles. The third-order valence-electron chi connectivity index (χ3n) is 6.31. The zero-order chi connectivity index (χ0) is 17.6. The van der Waals surface area contributed by atoms with Gasteiger partial charge in [-0.25, -0.2) is 0 Å². The lowest BCUT2D eigenvalue weighted by atomic mass is 9.51. The SMILES string of the molecule is COc1ccc(NC(=O)C2C3CC4CC(C3)CC2C4)cc1NC(C)=O. The van der Waals surface area contributed by atoms with E-state index < -0.39 is 0 Å². The van der Waals surface area contributed by atoms with Gasteiger partial charge in [-0.2, -0.15) is 0 Å². The molecule has 2 N–H and O–H groups in total. The van der Waals surface area contributed by atoms with E-state index in [-0.39, 0.29) is 17.7 Å². The molecule has 4 aliphatic rings. The number of rotatable bonds is 4. The molecule has 5 rings (SSSR count). The molecule has 5 heteroatoms. The molecular weight excluding hydrogens is 316 g/mol. The van der Waals surface area contributed by atoms with Crippen LogP contribution < -0.4 is 15.4 Å². The van der Waals surface area contributed by atoms with Crippen LogP contribution in [0.5, 0.6) is 5.75 Å². The van der Waals surface area contributed by atoms with E-state index in [4.69, 9.17) is 4.74 Å². The predicted octanol–water partition coefficient (Wildman–Crippen LogP) is 3.66. The van der Waals surface area contributed by atoms with Crippen LogP contribution in [0.4, 0.5) is 11.4 Å². The lowest BCUT2D eigenvalue weighted by Crippen LogP contribution is -2.49. The van der Waals surface area contributed by atoms with Crippen molar-refractivity contribution in [3.63, 3.8) is 0 Å². The molecule has 134 valence electrons. The summed E-state index contributed by atoms with van der Waals surface area (Å²) in [6.07, 6.45) is 6.30. The summed E-state index contributed by atoms with van der Waals surface area (Å²) >= 11 is 0. The minimum Gasteiger partial charge on any atom is -0.495 e. The molecule has 5 nitrogen and oxygen atoms in total. The van der Waals surface area contributed by atoms with E-state index in [0.717, 1.165) is 11.8 Å². The van der Waals surface area contributed by atoms with Gasteiger partial charge in [-0.1, -0.05) is 0 Å². The molecule has 1 aromatic rings. The summed E-state index contributed by atoms with van der Waals surface area (Å²) in [7, 11) is 1.56. The monoisotopic (exact) mass is 342 g/mol. The lowest BCUT2D eigenvalue weighted by molar-refractivity contribution is -0.132. The van der Waals surface area contributed by atoms with E-state index in [1.807, 2.05) is 6.07 Å². The number of methoxy groups -OCH3 is 1. The molecule has 0 spiro atoms. The van der Waals surface area contributed by atoms with Crippen molar-refractivity contribution >= 4 is 23.2 Å². The second-order valence-electron chi connectivity index (χ2n) is 8.04. The van der Waals surface area contributed by atoms with Gasteiger partial charge >= 0.3 is 0 Å². The van der Waals surface area contributed by atoms with Crippen LogP contribution in [-0.4, -0.2) is 18.9 Å². The Kier molecular flexibility index (Phi) is 4.18. The van der Waals surface area contributed by atoms with Gasteiger partial charge < -0.3 is 15.4 Å². The van der Waals surface area contributed by atoms with Crippen LogP contribution >= 0.6 is 0 Å². The van der Waals surface area contributed by atoms with Crippen molar-refractivity contribution in [3.8, 4) is 5.75 Å². The molecule has 0 unspecified atom stereocenters. The molecule has 0 heterocycles. The Bertz CT molecular complexity index is 672. The molecule has 2 amide bonds. The van der Waals surface area contributed by atoms with Crippen molar-refractivity contribution in [2.75, 3.05) is 17.7 Å².